The standard InChI is InChI=1S/C23H22N2O2S/c24-12-19(8-14-1-3-18(4-2-14)22(26)27)21-25-20(13-28-21)23-9-15-5-16(10-23)7-17(6-15)11-23/h1-4,8,13,15-17H,5-7,9-11H2,(H,26,27)/p-1/b19-8+. The maximum Gasteiger partial charge on any atom is 0.134 e. The SMILES string of the molecule is N#C/C(=C\c1ccc(C(=O)[O-])cc1)c1nc(C23CC4CC(CC(C4)C2)C3)cs1. The van der Waals surface area contributed by atoms with Gasteiger partial charge in [0, 0.05) is 10.8 Å². The highest BCUT2D eigenvalue weighted by molar-refractivity contribution is 7.11. The zero-order valence-electron chi connectivity index (χ0n) is 15.6. The highest BCUT2D eigenvalue weighted by atomic mass is 32.1. The van der Waals surface area contributed by atoms with Crippen molar-refractivity contribution in [1.29, 1.82) is 5.26 Å². The third-order valence-electron chi connectivity index (χ3n) is 6.89. The van der Waals surface area contributed by atoms with Crippen LogP contribution < -0.4 is 5.11 Å². The van der Waals surface area contributed by atoms with Gasteiger partial charge in [-0.2, -0.15) is 5.26 Å². The lowest BCUT2D eigenvalue weighted by Crippen LogP contribution is -2.48. The predicted octanol–water partition coefficient (Wildman–Crippen LogP) is 4.04. The highest BCUT2D eigenvalue weighted by Gasteiger charge is 2.52. The fourth-order valence-corrected chi connectivity index (χ4v) is 7.00. The first-order chi connectivity index (χ1) is 13.5. The summed E-state index contributed by atoms with van der Waals surface area (Å²) in [5.74, 6) is 1.40. The number of hydrogen-bond acceptors (Lipinski definition) is 5. The van der Waals surface area contributed by atoms with Crippen LogP contribution in [-0.2, 0) is 5.41 Å². The minimum atomic E-state index is -1.20. The Morgan fingerprint density at radius 1 is 1.14 bits per heavy atom. The lowest BCUT2D eigenvalue weighted by Gasteiger charge is -2.56. The zero-order valence-corrected chi connectivity index (χ0v) is 16.4. The van der Waals surface area contributed by atoms with E-state index in [0.717, 1.165) is 28.3 Å². The van der Waals surface area contributed by atoms with E-state index < -0.39 is 5.97 Å². The van der Waals surface area contributed by atoms with Gasteiger partial charge in [0.2, 0.25) is 0 Å². The van der Waals surface area contributed by atoms with Gasteiger partial charge in [0.05, 0.1) is 17.2 Å². The summed E-state index contributed by atoms with van der Waals surface area (Å²) in [6.45, 7) is 0. The number of carbonyl (C=O) groups excluding carboxylic acids is 1. The summed E-state index contributed by atoms with van der Waals surface area (Å²) in [7, 11) is 0. The number of nitriles is 1. The van der Waals surface area contributed by atoms with Gasteiger partial charge in [0.15, 0.2) is 0 Å². The number of hydrogen-bond donors (Lipinski definition) is 0. The van der Waals surface area contributed by atoms with Crippen LogP contribution in [0.4, 0.5) is 0 Å². The number of nitrogens with zero attached hydrogens (tertiary/aromatic N) is 2. The second-order valence-corrected chi connectivity index (χ2v) is 9.67. The number of aromatic carboxylic acids is 1. The molecule has 0 radical (unpaired) electrons. The van der Waals surface area contributed by atoms with Gasteiger partial charge in [-0.25, -0.2) is 4.98 Å². The molecule has 5 heteroatoms. The van der Waals surface area contributed by atoms with Gasteiger partial charge in [-0.1, -0.05) is 24.3 Å². The molecule has 6 rings (SSSR count). The largest absolute Gasteiger partial charge is 0.545 e. The number of carboxylic acids is 1. The maximum atomic E-state index is 10.9. The van der Waals surface area contributed by atoms with Crippen molar-refractivity contribution in [3.05, 3.63) is 51.5 Å². The van der Waals surface area contributed by atoms with Crippen molar-refractivity contribution in [3.63, 3.8) is 0 Å². The molecular formula is C23H21N2O2S-. The average molecular weight is 390 g/mol. The van der Waals surface area contributed by atoms with Crippen molar-refractivity contribution in [3.8, 4) is 6.07 Å². The number of carbonyl (C=O) groups is 1. The summed E-state index contributed by atoms with van der Waals surface area (Å²) in [5.41, 5.74) is 2.88. The van der Waals surface area contributed by atoms with E-state index in [1.54, 1.807) is 29.5 Å². The van der Waals surface area contributed by atoms with Crippen molar-refractivity contribution in [1.82, 2.24) is 4.98 Å². The number of thiazole rings is 1. The number of rotatable bonds is 4. The molecule has 28 heavy (non-hydrogen) atoms. The van der Waals surface area contributed by atoms with E-state index in [2.05, 4.69) is 11.4 Å². The molecule has 0 unspecified atom stereocenters. The number of benzene rings is 1. The first-order valence-electron chi connectivity index (χ1n) is 9.94. The summed E-state index contributed by atoms with van der Waals surface area (Å²) >= 11 is 1.55. The number of allylic oxidation sites excluding steroid dienone is 1. The summed E-state index contributed by atoms with van der Waals surface area (Å²) in [6.07, 6.45) is 9.78. The lowest BCUT2D eigenvalue weighted by molar-refractivity contribution is -0.255. The second kappa shape index (κ2) is 6.56. The molecule has 4 aliphatic rings. The molecule has 4 aliphatic carbocycles. The molecule has 2 aromatic rings. The fourth-order valence-electron chi connectivity index (χ4n) is 6.09. The number of carboxylic acid groups (broad SMARTS) is 1. The molecule has 4 bridgehead atoms. The molecule has 1 aromatic carbocycles. The predicted molar refractivity (Wildman–Crippen MR) is 106 cm³/mol. The van der Waals surface area contributed by atoms with Crippen molar-refractivity contribution < 1.29 is 9.90 Å². The van der Waals surface area contributed by atoms with E-state index in [1.807, 2.05) is 0 Å². The zero-order chi connectivity index (χ0) is 19.3. The Bertz CT molecular complexity index is 961. The lowest BCUT2D eigenvalue weighted by atomic mass is 9.49. The Morgan fingerprint density at radius 3 is 2.29 bits per heavy atom. The van der Waals surface area contributed by atoms with Gasteiger partial charge in [-0.3, -0.25) is 0 Å². The highest BCUT2D eigenvalue weighted by Crippen LogP contribution is 2.60. The van der Waals surface area contributed by atoms with Gasteiger partial charge >= 0.3 is 0 Å². The van der Waals surface area contributed by atoms with Crippen LogP contribution in [0, 0.1) is 29.1 Å². The van der Waals surface area contributed by atoms with Crippen LogP contribution in [0.25, 0.3) is 11.6 Å². The first-order valence-corrected chi connectivity index (χ1v) is 10.8. The summed E-state index contributed by atoms with van der Waals surface area (Å²) in [5, 5.41) is 23.5. The molecule has 0 atom stereocenters. The molecule has 0 N–H and O–H groups in total. The molecule has 142 valence electrons. The normalized spacial score (nSPS) is 31.0. The summed E-state index contributed by atoms with van der Waals surface area (Å²) in [4.78, 5) is 15.8. The summed E-state index contributed by atoms with van der Waals surface area (Å²) in [6, 6.07) is 8.65. The van der Waals surface area contributed by atoms with E-state index in [9.17, 15) is 15.2 Å². The molecule has 1 heterocycles. The van der Waals surface area contributed by atoms with Crippen LogP contribution in [0.5, 0.6) is 0 Å². The molecule has 4 saturated carbocycles. The molecule has 4 nitrogen and oxygen atoms in total. The van der Waals surface area contributed by atoms with E-state index in [4.69, 9.17) is 4.98 Å². The molecule has 0 aliphatic heterocycles. The van der Waals surface area contributed by atoms with Crippen LogP contribution in [-0.4, -0.2) is 11.0 Å². The molecule has 0 spiro atoms. The third-order valence-corrected chi connectivity index (χ3v) is 7.77. The van der Waals surface area contributed by atoms with Crippen LogP contribution in [0.2, 0.25) is 0 Å². The molecule has 0 amide bonds. The minimum absolute atomic E-state index is 0.133. The molecular weight excluding hydrogens is 368 g/mol. The molecule has 4 fully saturated rings. The topological polar surface area (TPSA) is 76.8 Å². The Morgan fingerprint density at radius 2 is 1.75 bits per heavy atom. The van der Waals surface area contributed by atoms with Crippen LogP contribution >= 0.6 is 11.3 Å². The van der Waals surface area contributed by atoms with Crippen molar-refractivity contribution in [2.24, 2.45) is 17.8 Å². The van der Waals surface area contributed by atoms with Gasteiger partial charge in [-0.15, -0.1) is 11.3 Å². The van der Waals surface area contributed by atoms with Gasteiger partial charge < -0.3 is 9.90 Å². The van der Waals surface area contributed by atoms with Crippen LogP contribution in [0.1, 0.15) is 65.1 Å². The van der Waals surface area contributed by atoms with Crippen LogP contribution in [0.15, 0.2) is 29.6 Å². The summed E-state index contributed by atoms with van der Waals surface area (Å²) < 4.78 is 0. The van der Waals surface area contributed by atoms with Crippen molar-refractivity contribution in [2.75, 3.05) is 0 Å². The maximum absolute atomic E-state index is 10.9. The van der Waals surface area contributed by atoms with E-state index in [-0.39, 0.29) is 11.0 Å². The van der Waals surface area contributed by atoms with E-state index in [1.165, 1.54) is 56.4 Å². The Hall–Kier alpha value is -2.45. The number of aromatic nitrogens is 1. The third kappa shape index (κ3) is 2.97. The van der Waals surface area contributed by atoms with Gasteiger partial charge in [0.25, 0.3) is 0 Å². The van der Waals surface area contributed by atoms with Crippen molar-refractivity contribution >= 4 is 29.0 Å². The Balaban J connectivity index is 1.43. The van der Waals surface area contributed by atoms with Gasteiger partial charge in [0.1, 0.15) is 11.1 Å². The van der Waals surface area contributed by atoms with Crippen molar-refractivity contribution in [2.45, 2.75) is 43.9 Å². The molecule has 1 aromatic heterocycles. The van der Waals surface area contributed by atoms with E-state index >= 15 is 0 Å². The average Bonchev–Trinajstić information content (AvgIpc) is 3.16. The monoisotopic (exact) mass is 389 g/mol. The smallest absolute Gasteiger partial charge is 0.134 e. The van der Waals surface area contributed by atoms with Crippen LogP contribution in [0.3, 0.4) is 0 Å². The Kier molecular flexibility index (Phi) is 4.13. The molecule has 0 saturated heterocycles. The first kappa shape index (κ1) is 17.6. The fraction of sp³-hybridized carbons (Fsp3) is 0.435. The minimum Gasteiger partial charge on any atom is -0.545 e. The Labute approximate surface area is 168 Å². The second-order valence-electron chi connectivity index (χ2n) is 8.82. The quantitative estimate of drug-likeness (QED) is 0.740. The van der Waals surface area contributed by atoms with Gasteiger partial charge in [-0.05, 0) is 73.5 Å². The van der Waals surface area contributed by atoms with E-state index in [0.29, 0.717) is 5.57 Å².